The second kappa shape index (κ2) is 1.67. The van der Waals surface area contributed by atoms with Gasteiger partial charge in [-0.25, -0.2) is 5.84 Å². The largest absolute Gasteiger partial charge is 0.358 e. The summed E-state index contributed by atoms with van der Waals surface area (Å²) >= 11 is 0. The predicted octanol–water partition coefficient (Wildman–Crippen LogP) is -0.0737. The fourth-order valence-corrected chi connectivity index (χ4v) is 0.736. The summed E-state index contributed by atoms with van der Waals surface area (Å²) in [6, 6.07) is 0. The van der Waals surface area contributed by atoms with Gasteiger partial charge in [0.25, 0.3) is 0 Å². The molecule has 3 nitrogen and oxygen atoms in total. The number of hydrazine groups is 1. The average molecular weight is 113 g/mol. The molecule has 46 valence electrons. The molecule has 0 saturated carbocycles. The third kappa shape index (κ3) is 0.767. The Bertz CT molecular complexity index is 119. The Balaban J connectivity index is 2.59. The van der Waals surface area contributed by atoms with E-state index in [4.69, 9.17) is 5.84 Å². The van der Waals surface area contributed by atoms with Gasteiger partial charge in [-0.15, -0.1) is 0 Å². The summed E-state index contributed by atoms with van der Waals surface area (Å²) in [6.07, 6.45) is 1.92. The lowest BCUT2D eigenvalue weighted by atomic mass is 10.5. The molecule has 0 unspecified atom stereocenters. The Labute approximate surface area is 49.3 Å². The van der Waals surface area contributed by atoms with Gasteiger partial charge in [0.05, 0.1) is 0 Å². The number of hydrogen-bond donors (Lipinski definition) is 1. The molecule has 0 aromatic carbocycles. The average Bonchev–Trinajstić information content (AvgIpc) is 1.85. The van der Waals surface area contributed by atoms with Gasteiger partial charge in [0.2, 0.25) is 0 Å². The Hall–Kier alpha value is -0.700. The van der Waals surface area contributed by atoms with Crippen LogP contribution in [0.2, 0.25) is 0 Å². The number of allylic oxidation sites excluding steroid dienone is 1. The summed E-state index contributed by atoms with van der Waals surface area (Å²) in [5.74, 6) is 5.43. The lowest BCUT2D eigenvalue weighted by molar-refractivity contribution is 0.296. The van der Waals surface area contributed by atoms with Crippen LogP contribution < -0.4 is 5.84 Å². The van der Waals surface area contributed by atoms with Gasteiger partial charge < -0.3 is 4.90 Å². The minimum absolute atomic E-state index is 0.811. The third-order valence-electron chi connectivity index (χ3n) is 1.33. The van der Waals surface area contributed by atoms with E-state index >= 15 is 0 Å². The molecule has 8 heavy (non-hydrogen) atoms. The Morgan fingerprint density at radius 2 is 2.38 bits per heavy atom. The van der Waals surface area contributed by atoms with Crippen molar-refractivity contribution in [3.63, 3.8) is 0 Å². The third-order valence-corrected chi connectivity index (χ3v) is 1.33. The van der Waals surface area contributed by atoms with Gasteiger partial charge in [-0.1, -0.05) is 0 Å². The molecule has 0 saturated heterocycles. The van der Waals surface area contributed by atoms with Gasteiger partial charge in [0, 0.05) is 18.9 Å². The minimum Gasteiger partial charge on any atom is -0.358 e. The number of nitrogens with zero attached hydrogens (tertiary/aromatic N) is 2. The van der Waals surface area contributed by atoms with Gasteiger partial charge in [-0.3, -0.25) is 5.01 Å². The second-order valence-corrected chi connectivity index (χ2v) is 2.12. The zero-order valence-electron chi connectivity index (χ0n) is 5.26. The number of rotatable bonds is 0. The molecule has 1 aliphatic heterocycles. The maximum absolute atomic E-state index is 5.43. The van der Waals surface area contributed by atoms with Gasteiger partial charge in [-0.05, 0) is 6.92 Å². The van der Waals surface area contributed by atoms with E-state index in [1.54, 1.807) is 5.01 Å². The van der Waals surface area contributed by atoms with E-state index in [-0.39, 0.29) is 0 Å². The van der Waals surface area contributed by atoms with Gasteiger partial charge in [0.15, 0.2) is 0 Å². The molecular formula is C5H11N3. The van der Waals surface area contributed by atoms with E-state index in [1.807, 2.05) is 20.2 Å². The molecule has 0 spiro atoms. The SMILES string of the molecule is CC1=CN(N)CN1C. The monoisotopic (exact) mass is 113 g/mol. The van der Waals surface area contributed by atoms with Crippen molar-refractivity contribution < 1.29 is 0 Å². The topological polar surface area (TPSA) is 32.5 Å². The fourth-order valence-electron chi connectivity index (χ4n) is 0.736. The van der Waals surface area contributed by atoms with Crippen LogP contribution in [0, 0.1) is 0 Å². The van der Waals surface area contributed by atoms with Crippen molar-refractivity contribution in [1.82, 2.24) is 9.91 Å². The summed E-state index contributed by atoms with van der Waals surface area (Å²) in [5, 5.41) is 1.66. The van der Waals surface area contributed by atoms with Crippen molar-refractivity contribution in [3.8, 4) is 0 Å². The summed E-state index contributed by atoms with van der Waals surface area (Å²) in [4.78, 5) is 2.08. The maximum Gasteiger partial charge on any atom is 0.104 e. The Morgan fingerprint density at radius 3 is 2.50 bits per heavy atom. The van der Waals surface area contributed by atoms with E-state index in [9.17, 15) is 0 Å². The molecule has 0 fully saturated rings. The first-order valence-corrected chi connectivity index (χ1v) is 2.61. The van der Waals surface area contributed by atoms with E-state index in [1.165, 1.54) is 5.70 Å². The highest BCUT2D eigenvalue weighted by Gasteiger charge is 2.08. The smallest absolute Gasteiger partial charge is 0.104 e. The van der Waals surface area contributed by atoms with Gasteiger partial charge in [0.1, 0.15) is 6.67 Å². The molecule has 0 aromatic heterocycles. The predicted molar refractivity (Wildman–Crippen MR) is 32.4 cm³/mol. The molecule has 0 aliphatic carbocycles. The van der Waals surface area contributed by atoms with Crippen LogP contribution in [0.3, 0.4) is 0 Å². The van der Waals surface area contributed by atoms with Crippen LogP contribution in [0.25, 0.3) is 0 Å². The molecule has 0 amide bonds. The van der Waals surface area contributed by atoms with E-state index in [2.05, 4.69) is 4.90 Å². The van der Waals surface area contributed by atoms with Crippen molar-refractivity contribution in [2.45, 2.75) is 6.92 Å². The van der Waals surface area contributed by atoms with Crippen LogP contribution in [0.15, 0.2) is 11.9 Å². The second-order valence-electron chi connectivity index (χ2n) is 2.12. The van der Waals surface area contributed by atoms with Crippen LogP contribution in [-0.4, -0.2) is 23.6 Å². The van der Waals surface area contributed by atoms with Crippen molar-refractivity contribution in [1.29, 1.82) is 0 Å². The fraction of sp³-hybridized carbons (Fsp3) is 0.600. The van der Waals surface area contributed by atoms with Crippen molar-refractivity contribution in [3.05, 3.63) is 11.9 Å². The standard InChI is InChI=1S/C5H11N3/c1-5-3-8(6)4-7(5)2/h3H,4,6H2,1-2H3. The van der Waals surface area contributed by atoms with Gasteiger partial charge in [-0.2, -0.15) is 0 Å². The normalized spacial score (nSPS) is 19.6. The summed E-state index contributed by atoms with van der Waals surface area (Å²) in [6.45, 7) is 2.85. The highest BCUT2D eigenvalue weighted by atomic mass is 15.5. The number of nitrogens with two attached hydrogens (primary N) is 1. The summed E-state index contributed by atoms with van der Waals surface area (Å²) in [5.41, 5.74) is 1.22. The van der Waals surface area contributed by atoms with Crippen molar-refractivity contribution >= 4 is 0 Å². The molecular weight excluding hydrogens is 102 g/mol. The first-order chi connectivity index (χ1) is 3.70. The van der Waals surface area contributed by atoms with Crippen molar-refractivity contribution in [2.75, 3.05) is 13.7 Å². The van der Waals surface area contributed by atoms with Gasteiger partial charge >= 0.3 is 0 Å². The quantitative estimate of drug-likeness (QED) is 0.446. The molecule has 0 aromatic rings. The van der Waals surface area contributed by atoms with Crippen LogP contribution >= 0.6 is 0 Å². The highest BCUT2D eigenvalue weighted by molar-refractivity contribution is 4.99. The van der Waals surface area contributed by atoms with Crippen LogP contribution in [0.1, 0.15) is 6.92 Å². The molecule has 2 N–H and O–H groups in total. The van der Waals surface area contributed by atoms with E-state index in [0.717, 1.165) is 6.67 Å². The zero-order chi connectivity index (χ0) is 6.15. The molecule has 3 heteroatoms. The highest BCUT2D eigenvalue weighted by Crippen LogP contribution is 2.07. The first-order valence-electron chi connectivity index (χ1n) is 2.61. The molecule has 0 atom stereocenters. The van der Waals surface area contributed by atoms with E-state index in [0.29, 0.717) is 0 Å². The molecule has 1 rings (SSSR count). The minimum atomic E-state index is 0.811. The first kappa shape index (κ1) is 5.44. The van der Waals surface area contributed by atoms with Crippen LogP contribution in [0.5, 0.6) is 0 Å². The zero-order valence-corrected chi connectivity index (χ0v) is 5.26. The van der Waals surface area contributed by atoms with Crippen molar-refractivity contribution in [2.24, 2.45) is 5.84 Å². The summed E-state index contributed by atoms with van der Waals surface area (Å²) in [7, 11) is 2.01. The number of hydrogen-bond acceptors (Lipinski definition) is 3. The molecule has 0 radical (unpaired) electrons. The lowest BCUT2D eigenvalue weighted by Gasteiger charge is -2.12. The molecule has 1 heterocycles. The van der Waals surface area contributed by atoms with E-state index < -0.39 is 0 Å². The Morgan fingerprint density at radius 1 is 1.75 bits per heavy atom. The Kier molecular flexibility index (Phi) is 1.13. The maximum atomic E-state index is 5.43. The van der Waals surface area contributed by atoms with Crippen LogP contribution in [-0.2, 0) is 0 Å². The summed E-state index contributed by atoms with van der Waals surface area (Å²) < 4.78 is 0. The van der Waals surface area contributed by atoms with Crippen LogP contribution in [0.4, 0.5) is 0 Å². The molecule has 1 aliphatic rings. The lowest BCUT2D eigenvalue weighted by Crippen LogP contribution is -2.28. The molecule has 0 bridgehead atoms.